The van der Waals surface area contributed by atoms with E-state index in [4.69, 9.17) is 18.6 Å². The quantitative estimate of drug-likeness (QED) is 0.138. The number of hydrogen-bond donors (Lipinski definition) is 0. The highest BCUT2D eigenvalue weighted by Crippen LogP contribution is 2.38. The van der Waals surface area contributed by atoms with Crippen molar-refractivity contribution >= 4 is 16.9 Å². The van der Waals surface area contributed by atoms with Gasteiger partial charge in [0.05, 0.1) is 17.6 Å². The monoisotopic (exact) mass is 494 g/mol. The summed E-state index contributed by atoms with van der Waals surface area (Å²) in [6.45, 7) is 8.26. The van der Waals surface area contributed by atoms with Gasteiger partial charge in [-0.1, -0.05) is 76.1 Å². The molecule has 0 unspecified atom stereocenters. The van der Waals surface area contributed by atoms with Crippen LogP contribution in [0.1, 0.15) is 89.4 Å². The van der Waals surface area contributed by atoms with Gasteiger partial charge < -0.3 is 18.6 Å². The van der Waals surface area contributed by atoms with Crippen molar-refractivity contribution in [2.24, 2.45) is 0 Å². The van der Waals surface area contributed by atoms with Crippen molar-refractivity contribution in [2.75, 3.05) is 6.61 Å². The van der Waals surface area contributed by atoms with Gasteiger partial charge >= 0.3 is 11.6 Å². The molecule has 0 atom stereocenters. The van der Waals surface area contributed by atoms with Crippen LogP contribution in [0.4, 0.5) is 0 Å². The molecule has 6 heteroatoms. The Hall–Kier alpha value is -3.28. The molecule has 0 aliphatic carbocycles. The van der Waals surface area contributed by atoms with Crippen LogP contribution in [0.2, 0.25) is 0 Å². The van der Waals surface area contributed by atoms with E-state index in [1.165, 1.54) is 32.1 Å². The van der Waals surface area contributed by atoms with E-state index < -0.39 is 17.2 Å². The molecule has 1 heterocycles. The zero-order valence-electron chi connectivity index (χ0n) is 21.9. The van der Waals surface area contributed by atoms with E-state index in [0.29, 0.717) is 23.3 Å². The van der Waals surface area contributed by atoms with Crippen LogP contribution in [-0.2, 0) is 0 Å². The van der Waals surface area contributed by atoms with Gasteiger partial charge in [0.1, 0.15) is 5.60 Å². The Balaban J connectivity index is 1.84. The van der Waals surface area contributed by atoms with Crippen LogP contribution in [0.5, 0.6) is 17.2 Å². The molecule has 0 fully saturated rings. The van der Waals surface area contributed by atoms with Gasteiger partial charge in [0.2, 0.25) is 5.75 Å². The van der Waals surface area contributed by atoms with Gasteiger partial charge in [-0.3, -0.25) is 0 Å². The third kappa shape index (κ3) is 7.87. The smallest absolute Gasteiger partial charge is 0.383 e. The van der Waals surface area contributed by atoms with Crippen molar-refractivity contribution in [1.82, 2.24) is 0 Å². The molecular weight excluding hydrogens is 456 g/mol. The Kier molecular flexibility index (Phi) is 9.97. The maximum absolute atomic E-state index is 13.0. The lowest BCUT2D eigenvalue weighted by Crippen LogP contribution is -2.23. The molecule has 3 aromatic rings. The SMILES string of the molecule is CCCCCCCCCCOc1c(OC(=O)c2ccccc2)c2cccc(OC(C)(C)C)c2oc1=O. The highest BCUT2D eigenvalue weighted by molar-refractivity contribution is 5.96. The van der Waals surface area contributed by atoms with E-state index in [1.54, 1.807) is 42.5 Å². The fourth-order valence-corrected chi connectivity index (χ4v) is 3.93. The van der Waals surface area contributed by atoms with Crippen molar-refractivity contribution in [1.29, 1.82) is 0 Å². The maximum Gasteiger partial charge on any atom is 0.383 e. The summed E-state index contributed by atoms with van der Waals surface area (Å²) in [6.07, 6.45) is 9.19. The normalized spacial score (nSPS) is 11.4. The van der Waals surface area contributed by atoms with Gasteiger partial charge in [-0.05, 0) is 51.5 Å². The molecule has 3 rings (SSSR count). The second-order valence-corrected chi connectivity index (χ2v) is 9.97. The minimum atomic E-state index is -0.706. The Labute approximate surface area is 213 Å². The molecule has 0 bridgehead atoms. The van der Waals surface area contributed by atoms with Crippen LogP contribution >= 0.6 is 0 Å². The molecule has 36 heavy (non-hydrogen) atoms. The van der Waals surface area contributed by atoms with Crippen molar-refractivity contribution < 1.29 is 23.4 Å². The topological polar surface area (TPSA) is 75.0 Å². The Morgan fingerprint density at radius 1 is 0.833 bits per heavy atom. The van der Waals surface area contributed by atoms with E-state index in [1.807, 2.05) is 26.8 Å². The lowest BCUT2D eigenvalue weighted by molar-refractivity contribution is 0.0728. The van der Waals surface area contributed by atoms with E-state index >= 15 is 0 Å². The molecule has 2 aromatic carbocycles. The first-order valence-electron chi connectivity index (χ1n) is 13.0. The summed E-state index contributed by atoms with van der Waals surface area (Å²) < 4.78 is 23.3. The standard InChI is InChI=1S/C30H38O6/c1-5-6-7-8-9-10-11-15-21-33-27-26(35-28(31)22-17-13-12-14-18-22)23-19-16-20-24(36-30(2,3)4)25(23)34-29(27)32/h12-14,16-20H,5-11,15,21H2,1-4H3. The summed E-state index contributed by atoms with van der Waals surface area (Å²) in [5, 5.41) is 0.437. The molecular formula is C30H38O6. The van der Waals surface area contributed by atoms with Crippen molar-refractivity contribution in [3.63, 3.8) is 0 Å². The van der Waals surface area contributed by atoms with Crippen LogP contribution in [0.15, 0.2) is 57.7 Å². The van der Waals surface area contributed by atoms with E-state index in [2.05, 4.69) is 6.92 Å². The van der Waals surface area contributed by atoms with Gasteiger partial charge in [-0.15, -0.1) is 0 Å². The zero-order valence-corrected chi connectivity index (χ0v) is 21.9. The molecule has 0 aliphatic heterocycles. The minimum Gasteiger partial charge on any atom is -0.484 e. The second kappa shape index (κ2) is 13.1. The highest BCUT2D eigenvalue weighted by Gasteiger charge is 2.24. The fraction of sp³-hybridized carbons (Fsp3) is 0.467. The first kappa shape index (κ1) is 27.3. The number of esters is 1. The summed E-state index contributed by atoms with van der Waals surface area (Å²) in [6, 6.07) is 13.9. The van der Waals surface area contributed by atoms with E-state index in [-0.39, 0.29) is 17.1 Å². The predicted octanol–water partition coefficient (Wildman–Crippen LogP) is 7.71. The summed E-state index contributed by atoms with van der Waals surface area (Å²) in [5.41, 5.74) is -0.634. The number of carbonyl (C=O) groups excluding carboxylic acids is 1. The fourth-order valence-electron chi connectivity index (χ4n) is 3.93. The van der Waals surface area contributed by atoms with Gasteiger partial charge in [0, 0.05) is 0 Å². The Bertz CT molecular complexity index is 1170. The summed E-state index contributed by atoms with van der Waals surface area (Å²) in [7, 11) is 0. The van der Waals surface area contributed by atoms with E-state index in [0.717, 1.165) is 19.3 Å². The number of para-hydroxylation sites is 1. The number of benzene rings is 2. The Morgan fingerprint density at radius 3 is 2.17 bits per heavy atom. The van der Waals surface area contributed by atoms with E-state index in [9.17, 15) is 9.59 Å². The molecule has 0 N–H and O–H groups in total. The third-order valence-electron chi connectivity index (χ3n) is 5.67. The van der Waals surface area contributed by atoms with Crippen molar-refractivity contribution in [2.45, 2.75) is 84.7 Å². The summed E-state index contributed by atoms with van der Waals surface area (Å²) >= 11 is 0. The minimum absolute atomic E-state index is 0.0500. The summed E-state index contributed by atoms with van der Waals surface area (Å²) in [4.78, 5) is 25.9. The Morgan fingerprint density at radius 2 is 1.50 bits per heavy atom. The van der Waals surface area contributed by atoms with Crippen LogP contribution in [0.3, 0.4) is 0 Å². The number of fused-ring (bicyclic) bond motifs is 1. The highest BCUT2D eigenvalue weighted by atomic mass is 16.6. The largest absolute Gasteiger partial charge is 0.484 e. The number of carbonyl (C=O) groups is 1. The lowest BCUT2D eigenvalue weighted by Gasteiger charge is -2.22. The number of rotatable bonds is 13. The van der Waals surface area contributed by atoms with Gasteiger partial charge in [0.25, 0.3) is 0 Å². The third-order valence-corrected chi connectivity index (χ3v) is 5.67. The predicted molar refractivity (Wildman–Crippen MR) is 142 cm³/mol. The zero-order chi connectivity index (χ0) is 26.0. The van der Waals surface area contributed by atoms with Gasteiger partial charge in [-0.25, -0.2) is 9.59 Å². The van der Waals surface area contributed by atoms with Crippen molar-refractivity contribution in [3.05, 3.63) is 64.5 Å². The number of ether oxygens (including phenoxy) is 3. The lowest BCUT2D eigenvalue weighted by atomic mass is 10.1. The maximum atomic E-state index is 13.0. The molecule has 0 aliphatic rings. The first-order chi connectivity index (χ1) is 17.3. The molecule has 0 radical (unpaired) electrons. The molecule has 6 nitrogen and oxygen atoms in total. The molecule has 0 amide bonds. The average Bonchev–Trinajstić information content (AvgIpc) is 2.84. The van der Waals surface area contributed by atoms with Crippen LogP contribution in [0.25, 0.3) is 11.0 Å². The van der Waals surface area contributed by atoms with Gasteiger partial charge in [-0.2, -0.15) is 0 Å². The number of hydrogen-bond acceptors (Lipinski definition) is 6. The summed E-state index contributed by atoms with van der Waals surface area (Å²) in [5.74, 6) is -0.234. The number of unbranched alkanes of at least 4 members (excludes halogenated alkanes) is 7. The van der Waals surface area contributed by atoms with Crippen molar-refractivity contribution in [3.8, 4) is 17.2 Å². The molecule has 194 valence electrons. The molecule has 0 saturated carbocycles. The van der Waals surface area contributed by atoms with Crippen LogP contribution in [-0.4, -0.2) is 18.2 Å². The second-order valence-electron chi connectivity index (χ2n) is 9.97. The van der Waals surface area contributed by atoms with Crippen LogP contribution < -0.4 is 19.8 Å². The van der Waals surface area contributed by atoms with Gasteiger partial charge in [0.15, 0.2) is 17.1 Å². The molecule has 0 spiro atoms. The molecule has 1 aromatic heterocycles. The molecule has 0 saturated heterocycles. The van der Waals surface area contributed by atoms with Crippen LogP contribution in [0, 0.1) is 0 Å². The first-order valence-corrected chi connectivity index (χ1v) is 13.0. The average molecular weight is 495 g/mol.